The van der Waals surface area contributed by atoms with Gasteiger partial charge in [-0.1, -0.05) is 18.2 Å². The van der Waals surface area contributed by atoms with Gasteiger partial charge in [-0.3, -0.25) is 4.79 Å². The van der Waals surface area contributed by atoms with E-state index in [1.807, 2.05) is 31.3 Å². The summed E-state index contributed by atoms with van der Waals surface area (Å²) in [5.41, 5.74) is 0.945. The summed E-state index contributed by atoms with van der Waals surface area (Å²) in [4.78, 5) is 16.7. The Hall–Kier alpha value is -2.30. The summed E-state index contributed by atoms with van der Waals surface area (Å²) >= 11 is 0. The van der Waals surface area contributed by atoms with E-state index in [4.69, 9.17) is 4.74 Å². The largest absolute Gasteiger partial charge is 0.487 e. The first-order valence-corrected chi connectivity index (χ1v) is 8.23. The molecule has 2 heterocycles. The summed E-state index contributed by atoms with van der Waals surface area (Å²) in [5.74, 6) is 1.22. The fourth-order valence-corrected chi connectivity index (χ4v) is 3.88. The SMILES string of the molecule is Cn1ccnc1C(=O)NC1CC2(CCCC2)Oc2ccccc21. The Bertz CT molecular complexity index is 731. The quantitative estimate of drug-likeness (QED) is 0.927. The number of carbonyl (C=O) groups excluding carboxylic acids is 1. The number of imidazole rings is 1. The zero-order valence-corrected chi connectivity index (χ0v) is 13.3. The molecule has 1 atom stereocenters. The van der Waals surface area contributed by atoms with E-state index in [-0.39, 0.29) is 17.6 Å². The molecule has 1 aliphatic heterocycles. The van der Waals surface area contributed by atoms with Crippen molar-refractivity contribution >= 4 is 5.91 Å². The molecule has 1 aromatic carbocycles. The molecule has 1 spiro atoms. The van der Waals surface area contributed by atoms with Crippen LogP contribution >= 0.6 is 0 Å². The first-order chi connectivity index (χ1) is 11.2. The molecule has 1 saturated carbocycles. The molecule has 4 rings (SSSR count). The van der Waals surface area contributed by atoms with Crippen LogP contribution in [0.1, 0.15) is 54.3 Å². The van der Waals surface area contributed by atoms with Gasteiger partial charge in [0.05, 0.1) is 6.04 Å². The molecule has 1 aliphatic carbocycles. The molecular weight excluding hydrogens is 290 g/mol. The number of aryl methyl sites for hydroxylation is 1. The minimum atomic E-state index is -0.132. The maximum atomic E-state index is 12.6. The van der Waals surface area contributed by atoms with E-state index in [0.717, 1.165) is 30.6 Å². The number of aromatic nitrogens is 2. The third-order valence-corrected chi connectivity index (χ3v) is 5.04. The van der Waals surface area contributed by atoms with E-state index >= 15 is 0 Å². The number of hydrogen-bond acceptors (Lipinski definition) is 3. The lowest BCUT2D eigenvalue weighted by Gasteiger charge is -2.40. The van der Waals surface area contributed by atoms with E-state index in [2.05, 4.69) is 10.3 Å². The molecule has 1 unspecified atom stereocenters. The molecule has 1 N–H and O–H groups in total. The molecule has 0 radical (unpaired) electrons. The summed E-state index contributed by atoms with van der Waals surface area (Å²) in [6, 6.07) is 8.01. The summed E-state index contributed by atoms with van der Waals surface area (Å²) in [5, 5.41) is 3.17. The van der Waals surface area contributed by atoms with Crippen LogP contribution in [-0.2, 0) is 7.05 Å². The molecule has 1 aromatic heterocycles. The molecule has 5 nitrogen and oxygen atoms in total. The Morgan fingerprint density at radius 1 is 1.35 bits per heavy atom. The number of fused-ring (bicyclic) bond motifs is 1. The molecule has 2 aromatic rings. The summed E-state index contributed by atoms with van der Waals surface area (Å²) in [7, 11) is 1.83. The first kappa shape index (κ1) is 14.3. The fraction of sp³-hybridized carbons (Fsp3) is 0.444. The molecule has 23 heavy (non-hydrogen) atoms. The molecular formula is C18H21N3O2. The van der Waals surface area contributed by atoms with E-state index in [1.165, 1.54) is 12.8 Å². The average molecular weight is 311 g/mol. The predicted molar refractivity (Wildman–Crippen MR) is 86.3 cm³/mol. The summed E-state index contributed by atoms with van der Waals surface area (Å²) in [6.07, 6.45) is 8.79. The summed E-state index contributed by atoms with van der Waals surface area (Å²) in [6.45, 7) is 0. The van der Waals surface area contributed by atoms with Crippen molar-refractivity contribution in [1.82, 2.24) is 14.9 Å². The van der Waals surface area contributed by atoms with Crippen LogP contribution < -0.4 is 10.1 Å². The number of rotatable bonds is 2. The van der Waals surface area contributed by atoms with Crippen LogP contribution in [0.5, 0.6) is 5.75 Å². The molecule has 2 aliphatic rings. The van der Waals surface area contributed by atoms with E-state index in [0.29, 0.717) is 5.82 Å². The highest BCUT2D eigenvalue weighted by molar-refractivity contribution is 5.91. The second-order valence-electron chi connectivity index (χ2n) is 6.62. The van der Waals surface area contributed by atoms with Gasteiger partial charge < -0.3 is 14.6 Å². The van der Waals surface area contributed by atoms with Crippen molar-refractivity contribution in [3.05, 3.63) is 48.0 Å². The second kappa shape index (κ2) is 5.41. The van der Waals surface area contributed by atoms with Gasteiger partial charge in [0.25, 0.3) is 5.91 Å². The standard InChI is InChI=1S/C18H21N3O2/c1-21-11-10-19-16(21)17(22)20-14-12-18(8-4-5-9-18)23-15-7-3-2-6-13(14)15/h2-3,6-7,10-11,14H,4-5,8-9,12H2,1H3,(H,20,22). The van der Waals surface area contributed by atoms with Crippen molar-refractivity contribution in [2.75, 3.05) is 0 Å². The normalized spacial score (nSPS) is 21.7. The highest BCUT2D eigenvalue weighted by atomic mass is 16.5. The van der Waals surface area contributed by atoms with E-state index in [1.54, 1.807) is 17.0 Å². The monoisotopic (exact) mass is 311 g/mol. The number of nitrogens with one attached hydrogen (secondary N) is 1. The molecule has 5 heteroatoms. The third-order valence-electron chi connectivity index (χ3n) is 5.04. The number of nitrogens with zero attached hydrogens (tertiary/aromatic N) is 2. The maximum Gasteiger partial charge on any atom is 0.287 e. The zero-order chi connectivity index (χ0) is 15.9. The van der Waals surface area contributed by atoms with Crippen molar-refractivity contribution in [2.24, 2.45) is 7.05 Å². The van der Waals surface area contributed by atoms with Gasteiger partial charge in [0.15, 0.2) is 5.82 Å². The molecule has 1 amide bonds. The highest BCUT2D eigenvalue weighted by Crippen LogP contribution is 2.47. The van der Waals surface area contributed by atoms with Gasteiger partial charge >= 0.3 is 0 Å². The summed E-state index contributed by atoms with van der Waals surface area (Å²) < 4.78 is 8.08. The lowest BCUT2D eigenvalue weighted by Crippen LogP contribution is -2.43. The van der Waals surface area contributed by atoms with Crippen LogP contribution in [0, 0.1) is 0 Å². The van der Waals surface area contributed by atoms with Crippen molar-refractivity contribution in [3.8, 4) is 5.75 Å². The molecule has 0 bridgehead atoms. The van der Waals surface area contributed by atoms with Gasteiger partial charge in [-0.2, -0.15) is 0 Å². The number of carbonyl (C=O) groups is 1. The van der Waals surface area contributed by atoms with Crippen LogP contribution in [-0.4, -0.2) is 21.1 Å². The average Bonchev–Trinajstić information content (AvgIpc) is 3.16. The van der Waals surface area contributed by atoms with E-state index in [9.17, 15) is 4.79 Å². The van der Waals surface area contributed by atoms with Gasteiger partial charge in [0, 0.05) is 31.4 Å². The van der Waals surface area contributed by atoms with Crippen molar-refractivity contribution < 1.29 is 9.53 Å². The maximum absolute atomic E-state index is 12.6. The van der Waals surface area contributed by atoms with Crippen LogP contribution in [0.15, 0.2) is 36.7 Å². The minimum absolute atomic E-state index is 0.0257. The van der Waals surface area contributed by atoms with E-state index < -0.39 is 0 Å². The zero-order valence-electron chi connectivity index (χ0n) is 13.3. The Labute approximate surface area is 135 Å². The van der Waals surface area contributed by atoms with Crippen LogP contribution in [0.4, 0.5) is 0 Å². The van der Waals surface area contributed by atoms with Crippen LogP contribution in [0.2, 0.25) is 0 Å². The number of ether oxygens (including phenoxy) is 1. The van der Waals surface area contributed by atoms with Gasteiger partial charge in [0.2, 0.25) is 0 Å². The number of para-hydroxylation sites is 1. The van der Waals surface area contributed by atoms with Crippen molar-refractivity contribution in [2.45, 2.75) is 43.7 Å². The number of hydrogen-bond donors (Lipinski definition) is 1. The van der Waals surface area contributed by atoms with Crippen LogP contribution in [0.3, 0.4) is 0 Å². The lowest BCUT2D eigenvalue weighted by molar-refractivity contribution is 0.0359. The topological polar surface area (TPSA) is 56.2 Å². The number of benzene rings is 1. The Morgan fingerprint density at radius 2 is 2.13 bits per heavy atom. The van der Waals surface area contributed by atoms with Crippen molar-refractivity contribution in [3.63, 3.8) is 0 Å². The highest BCUT2D eigenvalue weighted by Gasteiger charge is 2.43. The minimum Gasteiger partial charge on any atom is -0.487 e. The Balaban J connectivity index is 1.64. The Kier molecular flexibility index (Phi) is 3.36. The molecule has 0 saturated heterocycles. The first-order valence-electron chi connectivity index (χ1n) is 8.23. The predicted octanol–water partition coefficient (Wildman–Crippen LogP) is 2.99. The third kappa shape index (κ3) is 2.50. The smallest absolute Gasteiger partial charge is 0.287 e. The molecule has 1 fully saturated rings. The van der Waals surface area contributed by atoms with Crippen LogP contribution in [0.25, 0.3) is 0 Å². The van der Waals surface area contributed by atoms with Gasteiger partial charge in [-0.25, -0.2) is 4.98 Å². The van der Waals surface area contributed by atoms with Gasteiger partial charge in [0.1, 0.15) is 11.4 Å². The molecule has 120 valence electrons. The number of amides is 1. The Morgan fingerprint density at radius 3 is 2.87 bits per heavy atom. The second-order valence-corrected chi connectivity index (χ2v) is 6.62. The lowest BCUT2D eigenvalue weighted by atomic mass is 9.86. The van der Waals surface area contributed by atoms with Crippen molar-refractivity contribution in [1.29, 1.82) is 0 Å². The van der Waals surface area contributed by atoms with Gasteiger partial charge in [-0.15, -0.1) is 0 Å². The fourth-order valence-electron chi connectivity index (χ4n) is 3.88. The van der Waals surface area contributed by atoms with Gasteiger partial charge in [-0.05, 0) is 31.7 Å².